The highest BCUT2D eigenvalue weighted by molar-refractivity contribution is 5.68. The summed E-state index contributed by atoms with van der Waals surface area (Å²) in [7, 11) is 0. The van der Waals surface area contributed by atoms with Crippen LogP contribution in [0.15, 0.2) is 0 Å². The molecule has 4 nitrogen and oxygen atoms in total. The topological polar surface area (TPSA) is 50.4 Å². The van der Waals surface area contributed by atoms with Crippen molar-refractivity contribution in [2.24, 2.45) is 0 Å². The zero-order valence-corrected chi connectivity index (χ0v) is 12.4. The zero-order chi connectivity index (χ0) is 13.8. The Morgan fingerprint density at radius 2 is 1.89 bits per heavy atom. The molecule has 1 amide bonds. The van der Waals surface area contributed by atoms with Gasteiger partial charge in [0.05, 0.1) is 0 Å². The van der Waals surface area contributed by atoms with E-state index in [0.717, 1.165) is 32.2 Å². The van der Waals surface area contributed by atoms with E-state index in [1.807, 2.05) is 20.8 Å². The molecule has 2 N–H and O–H groups in total. The number of rotatable bonds is 3. The molecule has 1 aliphatic carbocycles. The van der Waals surface area contributed by atoms with Crippen LogP contribution in [0.25, 0.3) is 0 Å². The number of ether oxygens (including phenoxy) is 1. The van der Waals surface area contributed by atoms with Gasteiger partial charge < -0.3 is 15.4 Å². The van der Waals surface area contributed by atoms with Crippen molar-refractivity contribution >= 4 is 6.09 Å². The Hall–Kier alpha value is -0.770. The van der Waals surface area contributed by atoms with Crippen molar-refractivity contribution in [1.82, 2.24) is 10.6 Å². The van der Waals surface area contributed by atoms with Crippen molar-refractivity contribution in [1.29, 1.82) is 0 Å². The summed E-state index contributed by atoms with van der Waals surface area (Å²) in [6.07, 6.45) is 3.93. The first kappa shape index (κ1) is 15.3. The fourth-order valence-corrected chi connectivity index (χ4v) is 2.42. The third kappa shape index (κ3) is 5.25. The molecule has 0 heterocycles. The van der Waals surface area contributed by atoms with Crippen LogP contribution in [0, 0.1) is 0 Å². The number of hydrogen-bond donors (Lipinski definition) is 2. The van der Waals surface area contributed by atoms with Crippen molar-refractivity contribution in [3.05, 3.63) is 0 Å². The van der Waals surface area contributed by atoms with Crippen LogP contribution in [-0.4, -0.2) is 29.8 Å². The minimum Gasteiger partial charge on any atom is -0.444 e. The molecule has 1 saturated carbocycles. The molecule has 0 aliphatic heterocycles. The van der Waals surface area contributed by atoms with Gasteiger partial charge in [-0.05, 0) is 59.9 Å². The van der Waals surface area contributed by atoms with Crippen LogP contribution >= 0.6 is 0 Å². The van der Waals surface area contributed by atoms with Crippen LogP contribution in [0.4, 0.5) is 4.79 Å². The zero-order valence-electron chi connectivity index (χ0n) is 12.4. The molecule has 4 heteroatoms. The Kier molecular flexibility index (Phi) is 5.02. The van der Waals surface area contributed by atoms with Crippen LogP contribution in [0.2, 0.25) is 0 Å². The highest BCUT2D eigenvalue weighted by Gasteiger charge is 2.33. The normalized spacial score (nSPS) is 28.8. The molecular weight excluding hydrogens is 228 g/mol. The Balaban J connectivity index is 2.40. The van der Waals surface area contributed by atoms with Gasteiger partial charge in [0.2, 0.25) is 0 Å². The lowest BCUT2D eigenvalue weighted by Crippen LogP contribution is -2.51. The van der Waals surface area contributed by atoms with Gasteiger partial charge in [-0.3, -0.25) is 0 Å². The Labute approximate surface area is 111 Å². The highest BCUT2D eigenvalue weighted by Crippen LogP contribution is 2.28. The first-order chi connectivity index (χ1) is 8.24. The summed E-state index contributed by atoms with van der Waals surface area (Å²) >= 11 is 0. The quantitative estimate of drug-likeness (QED) is 0.816. The van der Waals surface area contributed by atoms with Crippen molar-refractivity contribution in [2.75, 3.05) is 6.54 Å². The van der Waals surface area contributed by atoms with Gasteiger partial charge >= 0.3 is 6.09 Å². The standard InChI is InChI=1S/C14H28N2O2/c1-6-15-11-7-9-14(5,10-8-11)16-12(17)18-13(2,3)4/h11,15H,6-10H2,1-5H3,(H,16,17). The summed E-state index contributed by atoms with van der Waals surface area (Å²) in [5.74, 6) is 0. The molecular formula is C14H28N2O2. The van der Waals surface area contributed by atoms with E-state index in [1.165, 1.54) is 0 Å². The molecule has 106 valence electrons. The SMILES string of the molecule is CCNC1CCC(C)(NC(=O)OC(C)(C)C)CC1. The molecule has 18 heavy (non-hydrogen) atoms. The maximum Gasteiger partial charge on any atom is 0.408 e. The van der Waals surface area contributed by atoms with Gasteiger partial charge in [-0.1, -0.05) is 6.92 Å². The summed E-state index contributed by atoms with van der Waals surface area (Å²) < 4.78 is 5.31. The largest absolute Gasteiger partial charge is 0.444 e. The summed E-state index contributed by atoms with van der Waals surface area (Å²) in [4.78, 5) is 11.8. The Morgan fingerprint density at radius 3 is 2.33 bits per heavy atom. The van der Waals surface area contributed by atoms with Gasteiger partial charge in [0.25, 0.3) is 0 Å². The molecule has 0 aromatic carbocycles. The van der Waals surface area contributed by atoms with E-state index in [9.17, 15) is 4.79 Å². The molecule has 0 radical (unpaired) electrons. The maximum absolute atomic E-state index is 11.8. The van der Waals surface area contributed by atoms with Crippen molar-refractivity contribution in [3.8, 4) is 0 Å². The molecule has 1 rings (SSSR count). The van der Waals surface area contributed by atoms with Crippen LogP contribution in [0.3, 0.4) is 0 Å². The van der Waals surface area contributed by atoms with Crippen molar-refractivity contribution < 1.29 is 9.53 Å². The second-order valence-electron chi connectivity index (χ2n) is 6.52. The number of alkyl carbamates (subject to hydrolysis) is 1. The number of amides is 1. The average Bonchev–Trinajstić information content (AvgIpc) is 2.18. The van der Waals surface area contributed by atoms with E-state index in [0.29, 0.717) is 6.04 Å². The fourth-order valence-electron chi connectivity index (χ4n) is 2.42. The monoisotopic (exact) mass is 256 g/mol. The Bertz CT molecular complexity index is 276. The molecule has 1 fully saturated rings. The molecule has 0 atom stereocenters. The minimum absolute atomic E-state index is 0.117. The summed E-state index contributed by atoms with van der Waals surface area (Å²) in [5, 5.41) is 6.50. The molecule has 0 bridgehead atoms. The lowest BCUT2D eigenvalue weighted by molar-refractivity contribution is 0.0431. The van der Waals surface area contributed by atoms with E-state index >= 15 is 0 Å². The number of carbonyl (C=O) groups is 1. The lowest BCUT2D eigenvalue weighted by Gasteiger charge is -2.38. The maximum atomic E-state index is 11.8. The van der Waals surface area contributed by atoms with Crippen LogP contribution in [0.1, 0.15) is 60.3 Å². The predicted molar refractivity (Wildman–Crippen MR) is 73.7 cm³/mol. The van der Waals surface area contributed by atoms with Crippen molar-refractivity contribution in [2.45, 2.75) is 77.5 Å². The number of hydrogen-bond acceptors (Lipinski definition) is 3. The number of nitrogens with one attached hydrogen (secondary N) is 2. The highest BCUT2D eigenvalue weighted by atomic mass is 16.6. The van der Waals surface area contributed by atoms with Crippen LogP contribution < -0.4 is 10.6 Å². The average molecular weight is 256 g/mol. The van der Waals surface area contributed by atoms with E-state index < -0.39 is 5.60 Å². The third-order valence-electron chi connectivity index (χ3n) is 3.38. The van der Waals surface area contributed by atoms with Gasteiger partial charge in [-0.15, -0.1) is 0 Å². The van der Waals surface area contributed by atoms with Gasteiger partial charge in [-0.2, -0.15) is 0 Å². The summed E-state index contributed by atoms with van der Waals surface area (Å²) in [5.41, 5.74) is -0.546. The van der Waals surface area contributed by atoms with Gasteiger partial charge in [0, 0.05) is 11.6 Å². The van der Waals surface area contributed by atoms with Crippen molar-refractivity contribution in [3.63, 3.8) is 0 Å². The minimum atomic E-state index is -0.429. The molecule has 0 spiro atoms. The summed E-state index contributed by atoms with van der Waals surface area (Å²) in [6.45, 7) is 10.9. The van der Waals surface area contributed by atoms with E-state index in [-0.39, 0.29) is 11.6 Å². The van der Waals surface area contributed by atoms with E-state index in [4.69, 9.17) is 4.74 Å². The van der Waals surface area contributed by atoms with Crippen LogP contribution in [-0.2, 0) is 4.74 Å². The molecule has 0 unspecified atom stereocenters. The Morgan fingerprint density at radius 1 is 1.33 bits per heavy atom. The molecule has 0 aromatic heterocycles. The second-order valence-corrected chi connectivity index (χ2v) is 6.52. The number of carbonyl (C=O) groups excluding carboxylic acids is 1. The van der Waals surface area contributed by atoms with Gasteiger partial charge in [-0.25, -0.2) is 4.79 Å². The van der Waals surface area contributed by atoms with E-state index in [1.54, 1.807) is 0 Å². The molecule has 0 saturated heterocycles. The third-order valence-corrected chi connectivity index (χ3v) is 3.38. The predicted octanol–water partition coefficient (Wildman–Crippen LogP) is 2.82. The molecule has 0 aromatic rings. The van der Waals surface area contributed by atoms with Gasteiger partial charge in [0.15, 0.2) is 0 Å². The summed E-state index contributed by atoms with van der Waals surface area (Å²) in [6, 6.07) is 0.600. The second kappa shape index (κ2) is 5.91. The first-order valence-electron chi connectivity index (χ1n) is 6.99. The smallest absolute Gasteiger partial charge is 0.408 e. The van der Waals surface area contributed by atoms with E-state index in [2.05, 4.69) is 24.5 Å². The lowest BCUT2D eigenvalue weighted by atomic mass is 9.81. The fraction of sp³-hybridized carbons (Fsp3) is 0.929. The first-order valence-corrected chi connectivity index (χ1v) is 6.99. The molecule has 1 aliphatic rings. The van der Waals surface area contributed by atoms with Gasteiger partial charge in [0.1, 0.15) is 5.60 Å². The van der Waals surface area contributed by atoms with Crippen LogP contribution in [0.5, 0.6) is 0 Å².